The molecule has 0 aromatic heterocycles. The van der Waals surface area contributed by atoms with Gasteiger partial charge in [-0.3, -0.25) is 0 Å². The average Bonchev–Trinajstić information content (AvgIpc) is 2.65. The molecule has 1 aliphatic carbocycles. The summed E-state index contributed by atoms with van der Waals surface area (Å²) in [4.78, 5) is 26.1. The van der Waals surface area contributed by atoms with Gasteiger partial charge in [0.2, 0.25) is 0 Å². The Labute approximate surface area is 167 Å². The molecule has 6 nitrogen and oxygen atoms in total. The van der Waals surface area contributed by atoms with Gasteiger partial charge in [-0.05, 0) is 43.9 Å². The van der Waals surface area contributed by atoms with Crippen LogP contribution in [0.25, 0.3) is 0 Å². The summed E-state index contributed by atoms with van der Waals surface area (Å²) in [5.74, 6) is -0.478. The van der Waals surface area contributed by atoms with Crippen molar-refractivity contribution in [1.29, 1.82) is 0 Å². The Morgan fingerprint density at radius 3 is 2.26 bits per heavy atom. The summed E-state index contributed by atoms with van der Waals surface area (Å²) in [5.41, 5.74) is 0.162. The summed E-state index contributed by atoms with van der Waals surface area (Å²) in [7, 11) is 0. The lowest BCUT2D eigenvalue weighted by Crippen LogP contribution is -2.51. The highest BCUT2D eigenvalue weighted by atomic mass is 79.9. The van der Waals surface area contributed by atoms with E-state index in [1.807, 2.05) is 0 Å². The number of halogens is 2. The van der Waals surface area contributed by atoms with Crippen LogP contribution in [0.3, 0.4) is 0 Å². The molecule has 1 saturated heterocycles. The number of urea groups is 2. The summed E-state index contributed by atoms with van der Waals surface area (Å²) >= 11 is 3.19. The van der Waals surface area contributed by atoms with Crippen LogP contribution in [-0.4, -0.2) is 42.1 Å². The van der Waals surface area contributed by atoms with Crippen LogP contribution in [-0.2, 0) is 0 Å². The normalized spacial score (nSPS) is 18.8. The molecule has 1 aromatic rings. The number of likely N-dealkylation sites (tertiary alicyclic amines) is 1. The molecular formula is C19H26BrFN4O2. The highest BCUT2D eigenvalue weighted by Gasteiger charge is 2.25. The van der Waals surface area contributed by atoms with Gasteiger partial charge >= 0.3 is 12.1 Å². The molecule has 1 heterocycles. The van der Waals surface area contributed by atoms with Crippen LogP contribution < -0.4 is 16.0 Å². The first kappa shape index (κ1) is 19.9. The highest BCUT2D eigenvalue weighted by molar-refractivity contribution is 9.10. The van der Waals surface area contributed by atoms with E-state index in [9.17, 15) is 14.0 Å². The van der Waals surface area contributed by atoms with Crippen molar-refractivity contribution >= 4 is 33.7 Å². The minimum atomic E-state index is -0.478. The highest BCUT2D eigenvalue weighted by Crippen LogP contribution is 2.21. The van der Waals surface area contributed by atoms with Gasteiger partial charge in [0.05, 0.1) is 5.69 Å². The summed E-state index contributed by atoms with van der Waals surface area (Å²) in [5, 5.41) is 8.68. The van der Waals surface area contributed by atoms with Crippen molar-refractivity contribution < 1.29 is 14.0 Å². The Kier molecular flexibility index (Phi) is 6.93. The van der Waals surface area contributed by atoms with Gasteiger partial charge < -0.3 is 20.9 Å². The lowest BCUT2D eigenvalue weighted by molar-refractivity contribution is 0.186. The zero-order valence-electron chi connectivity index (χ0n) is 15.3. The third kappa shape index (κ3) is 5.82. The van der Waals surface area contributed by atoms with Gasteiger partial charge in [-0.1, -0.05) is 35.2 Å². The van der Waals surface area contributed by atoms with Gasteiger partial charge in [0.25, 0.3) is 0 Å². The minimum Gasteiger partial charge on any atom is -0.335 e. The van der Waals surface area contributed by atoms with Crippen molar-refractivity contribution in [3.05, 3.63) is 28.5 Å². The largest absolute Gasteiger partial charge is 0.335 e. The number of carbonyl (C=O) groups excluding carboxylic acids is 2. The van der Waals surface area contributed by atoms with Crippen LogP contribution in [0.2, 0.25) is 0 Å². The molecule has 3 N–H and O–H groups in total. The summed E-state index contributed by atoms with van der Waals surface area (Å²) < 4.78 is 14.5. The van der Waals surface area contributed by atoms with Gasteiger partial charge in [-0.2, -0.15) is 0 Å². The molecule has 4 amide bonds. The van der Waals surface area contributed by atoms with E-state index < -0.39 is 5.82 Å². The second-order valence-electron chi connectivity index (χ2n) is 7.27. The van der Waals surface area contributed by atoms with Crippen LogP contribution in [0.5, 0.6) is 0 Å². The maximum atomic E-state index is 13.9. The van der Waals surface area contributed by atoms with E-state index in [2.05, 4.69) is 31.9 Å². The van der Waals surface area contributed by atoms with Crippen LogP contribution in [0, 0.1) is 5.82 Å². The number of rotatable bonds is 3. The van der Waals surface area contributed by atoms with Crippen LogP contribution in [0.15, 0.2) is 22.7 Å². The molecule has 2 fully saturated rings. The molecular weight excluding hydrogens is 415 g/mol. The van der Waals surface area contributed by atoms with Gasteiger partial charge in [-0.15, -0.1) is 0 Å². The average molecular weight is 441 g/mol. The second kappa shape index (κ2) is 9.39. The predicted octanol–water partition coefficient (Wildman–Crippen LogP) is 4.22. The van der Waals surface area contributed by atoms with E-state index >= 15 is 0 Å². The molecule has 0 radical (unpaired) electrons. The summed E-state index contributed by atoms with van der Waals surface area (Å²) in [6.07, 6.45) is 7.10. The fraction of sp³-hybridized carbons (Fsp3) is 0.579. The van der Waals surface area contributed by atoms with Gasteiger partial charge in [0, 0.05) is 29.6 Å². The van der Waals surface area contributed by atoms with Crippen molar-refractivity contribution in [2.45, 2.75) is 57.0 Å². The first-order valence-electron chi connectivity index (χ1n) is 9.59. The molecule has 1 aromatic carbocycles. The van der Waals surface area contributed by atoms with E-state index in [1.54, 1.807) is 11.0 Å². The first-order chi connectivity index (χ1) is 13.0. The molecule has 27 heavy (non-hydrogen) atoms. The lowest BCUT2D eigenvalue weighted by Gasteiger charge is -2.33. The van der Waals surface area contributed by atoms with Crippen LogP contribution in [0.4, 0.5) is 19.7 Å². The molecule has 0 atom stereocenters. The molecule has 3 rings (SSSR count). The van der Waals surface area contributed by atoms with Crippen LogP contribution in [0.1, 0.15) is 44.9 Å². The topological polar surface area (TPSA) is 73.5 Å². The first-order valence-corrected chi connectivity index (χ1v) is 10.4. The Hall–Kier alpha value is -1.83. The van der Waals surface area contributed by atoms with E-state index in [4.69, 9.17) is 0 Å². The molecule has 0 bridgehead atoms. The Morgan fingerprint density at radius 2 is 1.63 bits per heavy atom. The number of amides is 4. The van der Waals surface area contributed by atoms with Crippen LogP contribution >= 0.6 is 15.9 Å². The van der Waals surface area contributed by atoms with Crippen molar-refractivity contribution in [1.82, 2.24) is 15.5 Å². The number of carbonyl (C=O) groups is 2. The van der Waals surface area contributed by atoms with E-state index in [-0.39, 0.29) is 29.8 Å². The van der Waals surface area contributed by atoms with Crippen molar-refractivity contribution in [2.75, 3.05) is 18.4 Å². The van der Waals surface area contributed by atoms with Gasteiger partial charge in [0.15, 0.2) is 0 Å². The standard InChI is InChI=1S/C19H26BrFN4O2/c20-13-6-7-17(16(21)12-13)24-19(27)25-10-8-15(9-11-25)23-18(26)22-14-4-2-1-3-5-14/h6-7,12,14-15H,1-5,8-11H2,(H,24,27)(H2,22,23,26). The lowest BCUT2D eigenvalue weighted by atomic mass is 9.96. The second-order valence-corrected chi connectivity index (χ2v) is 8.18. The van der Waals surface area contributed by atoms with E-state index in [1.165, 1.54) is 31.4 Å². The summed E-state index contributed by atoms with van der Waals surface area (Å²) in [6.45, 7) is 1.05. The Morgan fingerprint density at radius 1 is 1.00 bits per heavy atom. The predicted molar refractivity (Wildman–Crippen MR) is 106 cm³/mol. The smallest absolute Gasteiger partial charge is 0.321 e. The van der Waals surface area contributed by atoms with E-state index in [0.717, 1.165) is 12.8 Å². The molecule has 8 heteroatoms. The minimum absolute atomic E-state index is 0.0575. The number of anilines is 1. The van der Waals surface area contributed by atoms with E-state index in [0.29, 0.717) is 30.4 Å². The fourth-order valence-corrected chi connectivity index (χ4v) is 4.00. The maximum absolute atomic E-state index is 13.9. The molecule has 0 unspecified atom stereocenters. The Balaban J connectivity index is 1.41. The quantitative estimate of drug-likeness (QED) is 0.658. The summed E-state index contributed by atoms with van der Waals surface area (Å²) in [6, 6.07) is 4.44. The molecule has 1 saturated carbocycles. The number of piperidine rings is 1. The Bertz CT molecular complexity index is 674. The van der Waals surface area contributed by atoms with Gasteiger partial charge in [-0.25, -0.2) is 14.0 Å². The zero-order valence-corrected chi connectivity index (χ0v) is 16.9. The number of nitrogens with one attached hydrogen (secondary N) is 3. The third-order valence-electron chi connectivity index (χ3n) is 5.23. The molecule has 1 aliphatic heterocycles. The number of hydrogen-bond acceptors (Lipinski definition) is 2. The number of benzene rings is 1. The third-order valence-corrected chi connectivity index (χ3v) is 5.72. The SMILES string of the molecule is O=C(NC1CCCCC1)NC1CCN(C(=O)Nc2ccc(Br)cc2F)CC1. The van der Waals surface area contributed by atoms with Crippen molar-refractivity contribution in [3.8, 4) is 0 Å². The van der Waals surface area contributed by atoms with Gasteiger partial charge in [0.1, 0.15) is 5.82 Å². The molecule has 0 spiro atoms. The number of hydrogen-bond donors (Lipinski definition) is 3. The van der Waals surface area contributed by atoms with Crippen molar-refractivity contribution in [3.63, 3.8) is 0 Å². The molecule has 2 aliphatic rings. The maximum Gasteiger partial charge on any atom is 0.321 e. The monoisotopic (exact) mass is 440 g/mol. The van der Waals surface area contributed by atoms with Crippen molar-refractivity contribution in [2.24, 2.45) is 0 Å². The molecule has 148 valence electrons. The fourth-order valence-electron chi connectivity index (χ4n) is 3.67. The number of nitrogens with zero attached hydrogens (tertiary/aromatic N) is 1. The zero-order chi connectivity index (χ0) is 19.2.